The molecule has 2 aliphatic heterocycles. The first kappa shape index (κ1) is 15.3. The largest absolute Gasteiger partial charge is 0.352 e. The van der Waals surface area contributed by atoms with E-state index in [-0.39, 0.29) is 0 Å². The highest BCUT2D eigenvalue weighted by Gasteiger charge is 2.34. The summed E-state index contributed by atoms with van der Waals surface area (Å²) < 4.78 is 28.4. The van der Waals surface area contributed by atoms with Gasteiger partial charge in [0.05, 0.1) is 5.69 Å². The van der Waals surface area contributed by atoms with E-state index in [1.54, 1.807) is 8.61 Å². The molecular formula is C15H23N5O2S. The van der Waals surface area contributed by atoms with Crippen molar-refractivity contribution in [2.75, 3.05) is 44.2 Å². The van der Waals surface area contributed by atoms with Gasteiger partial charge in [-0.1, -0.05) is 0 Å². The van der Waals surface area contributed by atoms with Gasteiger partial charge in [-0.25, -0.2) is 0 Å². The molecule has 2 saturated heterocycles. The number of rotatable bonds is 4. The fourth-order valence-corrected chi connectivity index (χ4v) is 5.00. The molecule has 23 heavy (non-hydrogen) atoms. The maximum Gasteiger partial charge on any atom is 0.282 e. The summed E-state index contributed by atoms with van der Waals surface area (Å²) in [5.41, 5.74) is 1.09. The van der Waals surface area contributed by atoms with Gasteiger partial charge in [-0.15, -0.1) is 5.10 Å². The van der Waals surface area contributed by atoms with E-state index < -0.39 is 10.2 Å². The molecule has 1 aromatic heterocycles. The van der Waals surface area contributed by atoms with Crippen LogP contribution in [0.1, 0.15) is 37.3 Å². The van der Waals surface area contributed by atoms with Gasteiger partial charge in [0, 0.05) is 45.2 Å². The average Bonchev–Trinajstić information content (AvgIpc) is 3.28. The molecule has 0 bridgehead atoms. The van der Waals surface area contributed by atoms with Crippen molar-refractivity contribution < 1.29 is 8.42 Å². The smallest absolute Gasteiger partial charge is 0.282 e. The van der Waals surface area contributed by atoms with Crippen LogP contribution in [0.5, 0.6) is 0 Å². The third-order valence-corrected chi connectivity index (χ3v) is 6.98. The molecule has 3 heterocycles. The van der Waals surface area contributed by atoms with Crippen molar-refractivity contribution in [2.24, 2.45) is 0 Å². The van der Waals surface area contributed by atoms with Crippen molar-refractivity contribution in [3.05, 3.63) is 17.8 Å². The Balaban J connectivity index is 1.38. The zero-order valence-corrected chi connectivity index (χ0v) is 14.1. The molecule has 0 amide bonds. The van der Waals surface area contributed by atoms with Crippen LogP contribution in [0.3, 0.4) is 0 Å². The second-order valence-corrected chi connectivity index (χ2v) is 8.52. The highest BCUT2D eigenvalue weighted by molar-refractivity contribution is 7.86. The van der Waals surface area contributed by atoms with Crippen LogP contribution in [0.2, 0.25) is 0 Å². The molecule has 7 nitrogen and oxygen atoms in total. The van der Waals surface area contributed by atoms with Crippen LogP contribution >= 0.6 is 0 Å². The lowest BCUT2D eigenvalue weighted by Gasteiger charge is -2.36. The molecule has 1 aromatic rings. The molecule has 0 N–H and O–H groups in total. The minimum Gasteiger partial charge on any atom is -0.352 e. The van der Waals surface area contributed by atoms with Crippen LogP contribution < -0.4 is 4.90 Å². The van der Waals surface area contributed by atoms with Crippen LogP contribution in [0, 0.1) is 0 Å². The first-order chi connectivity index (χ1) is 11.1. The quantitative estimate of drug-likeness (QED) is 0.813. The van der Waals surface area contributed by atoms with Crippen molar-refractivity contribution in [3.8, 4) is 0 Å². The topological polar surface area (TPSA) is 69.6 Å². The fourth-order valence-electron chi connectivity index (χ4n) is 3.33. The molecule has 8 heteroatoms. The van der Waals surface area contributed by atoms with Gasteiger partial charge in [0.1, 0.15) is 0 Å². The van der Waals surface area contributed by atoms with Gasteiger partial charge in [-0.2, -0.15) is 22.1 Å². The van der Waals surface area contributed by atoms with E-state index in [1.807, 2.05) is 6.07 Å². The number of aromatic nitrogens is 2. The Labute approximate surface area is 137 Å². The monoisotopic (exact) mass is 337 g/mol. The van der Waals surface area contributed by atoms with Gasteiger partial charge in [-0.3, -0.25) is 0 Å². The van der Waals surface area contributed by atoms with Crippen LogP contribution in [-0.2, 0) is 10.2 Å². The van der Waals surface area contributed by atoms with E-state index in [4.69, 9.17) is 0 Å². The molecule has 0 unspecified atom stereocenters. The van der Waals surface area contributed by atoms with Crippen LogP contribution in [0.25, 0.3) is 0 Å². The van der Waals surface area contributed by atoms with Gasteiger partial charge in [0.2, 0.25) is 0 Å². The molecule has 0 aromatic carbocycles. The molecule has 0 atom stereocenters. The third kappa shape index (κ3) is 3.07. The van der Waals surface area contributed by atoms with Crippen molar-refractivity contribution in [1.82, 2.24) is 18.8 Å². The second kappa shape index (κ2) is 5.99. The summed E-state index contributed by atoms with van der Waals surface area (Å²) in [6.07, 6.45) is 4.40. The Kier molecular flexibility index (Phi) is 3.98. The standard InChI is InChI=1S/C15H23N5O2S/c21-23(22,19-7-1-2-8-19)20-11-9-18(10-12-20)15-6-5-14(16-17-15)13-3-4-13/h5-6,13H,1-4,7-12H2. The summed E-state index contributed by atoms with van der Waals surface area (Å²) in [4.78, 5) is 2.12. The summed E-state index contributed by atoms with van der Waals surface area (Å²) in [6.45, 7) is 3.71. The van der Waals surface area contributed by atoms with E-state index in [1.165, 1.54) is 12.8 Å². The normalized spacial score (nSPS) is 24.3. The Morgan fingerprint density at radius 2 is 1.52 bits per heavy atom. The van der Waals surface area contributed by atoms with E-state index in [2.05, 4.69) is 21.2 Å². The first-order valence-corrected chi connectivity index (χ1v) is 9.88. The lowest BCUT2D eigenvalue weighted by atomic mass is 10.2. The molecule has 0 radical (unpaired) electrons. The summed E-state index contributed by atoms with van der Waals surface area (Å²) in [6, 6.07) is 4.08. The first-order valence-electron chi connectivity index (χ1n) is 8.48. The van der Waals surface area contributed by atoms with E-state index >= 15 is 0 Å². The van der Waals surface area contributed by atoms with Crippen molar-refractivity contribution in [2.45, 2.75) is 31.6 Å². The number of hydrogen-bond donors (Lipinski definition) is 0. The average molecular weight is 337 g/mol. The van der Waals surface area contributed by atoms with Gasteiger partial charge in [0.25, 0.3) is 10.2 Å². The van der Waals surface area contributed by atoms with Crippen molar-refractivity contribution in [1.29, 1.82) is 0 Å². The molecule has 4 rings (SSSR count). The molecule has 1 saturated carbocycles. The summed E-state index contributed by atoms with van der Waals surface area (Å²) >= 11 is 0. The third-order valence-electron chi connectivity index (χ3n) is 4.95. The van der Waals surface area contributed by atoms with Gasteiger partial charge in [-0.05, 0) is 37.8 Å². The lowest BCUT2D eigenvalue weighted by Crippen LogP contribution is -2.52. The Morgan fingerprint density at radius 3 is 2.09 bits per heavy atom. The van der Waals surface area contributed by atoms with E-state index in [0.29, 0.717) is 45.2 Å². The molecule has 0 spiro atoms. The Morgan fingerprint density at radius 1 is 0.870 bits per heavy atom. The highest BCUT2D eigenvalue weighted by Crippen LogP contribution is 2.38. The molecular weight excluding hydrogens is 314 g/mol. The predicted octanol–water partition coefficient (Wildman–Crippen LogP) is 0.817. The number of anilines is 1. The molecule has 1 aliphatic carbocycles. The predicted molar refractivity (Wildman–Crippen MR) is 87.5 cm³/mol. The SMILES string of the molecule is O=S(=O)(N1CCCC1)N1CCN(c2ccc(C3CC3)nn2)CC1. The summed E-state index contributed by atoms with van der Waals surface area (Å²) in [5.74, 6) is 1.46. The van der Waals surface area contributed by atoms with Gasteiger partial charge in [0.15, 0.2) is 5.82 Å². The zero-order valence-electron chi connectivity index (χ0n) is 13.3. The lowest BCUT2D eigenvalue weighted by molar-refractivity contribution is 0.343. The van der Waals surface area contributed by atoms with Crippen molar-refractivity contribution >= 4 is 16.0 Å². The van der Waals surface area contributed by atoms with Crippen molar-refractivity contribution in [3.63, 3.8) is 0 Å². The van der Waals surface area contributed by atoms with E-state index in [9.17, 15) is 8.42 Å². The fraction of sp³-hybridized carbons (Fsp3) is 0.733. The van der Waals surface area contributed by atoms with Crippen LogP contribution in [0.4, 0.5) is 5.82 Å². The molecule has 126 valence electrons. The zero-order chi connectivity index (χ0) is 15.9. The summed E-state index contributed by atoms with van der Waals surface area (Å²) in [7, 11) is -3.27. The van der Waals surface area contributed by atoms with Crippen LogP contribution in [-0.4, -0.2) is 66.5 Å². The second-order valence-electron chi connectivity index (χ2n) is 6.59. The molecule has 3 aliphatic rings. The van der Waals surface area contributed by atoms with E-state index in [0.717, 1.165) is 24.4 Å². The minimum atomic E-state index is -3.27. The number of nitrogens with zero attached hydrogens (tertiary/aromatic N) is 5. The number of piperazine rings is 1. The maximum absolute atomic E-state index is 12.6. The van der Waals surface area contributed by atoms with Gasteiger partial charge < -0.3 is 4.90 Å². The summed E-state index contributed by atoms with van der Waals surface area (Å²) in [5, 5.41) is 8.64. The van der Waals surface area contributed by atoms with Crippen LogP contribution in [0.15, 0.2) is 12.1 Å². The Bertz CT molecular complexity index is 645. The highest BCUT2D eigenvalue weighted by atomic mass is 32.2. The number of hydrogen-bond acceptors (Lipinski definition) is 5. The molecule has 3 fully saturated rings. The van der Waals surface area contributed by atoms with Gasteiger partial charge >= 0.3 is 0 Å². The Hall–Kier alpha value is -1.25. The minimum absolute atomic E-state index is 0.519. The maximum atomic E-state index is 12.6.